The van der Waals surface area contributed by atoms with E-state index in [0.717, 1.165) is 15.8 Å². The highest BCUT2D eigenvalue weighted by atomic mass is 79.9. The van der Waals surface area contributed by atoms with Crippen LogP contribution in [0.4, 0.5) is 0 Å². The molecule has 0 aromatic heterocycles. The topological polar surface area (TPSA) is 38.3 Å². The predicted molar refractivity (Wildman–Crippen MR) is 97.0 cm³/mol. The van der Waals surface area contributed by atoms with Gasteiger partial charge in [-0.15, -0.1) is 0 Å². The van der Waals surface area contributed by atoms with Crippen LogP contribution in [0.2, 0.25) is 0 Å². The zero-order valence-electron chi connectivity index (χ0n) is 11.2. The van der Waals surface area contributed by atoms with E-state index in [1.165, 1.54) is 11.8 Å². The highest BCUT2D eigenvalue weighted by Gasteiger charge is 2.22. The van der Waals surface area contributed by atoms with Crippen LogP contribution >= 0.6 is 39.9 Å². The highest BCUT2D eigenvalue weighted by molar-refractivity contribution is 9.10. The van der Waals surface area contributed by atoms with Gasteiger partial charge in [-0.05, 0) is 30.3 Å². The molecule has 1 aliphatic rings. The first-order chi connectivity index (χ1) is 10.6. The van der Waals surface area contributed by atoms with E-state index in [2.05, 4.69) is 21.2 Å². The van der Waals surface area contributed by atoms with Crippen LogP contribution in [0.5, 0.6) is 11.5 Å². The second-order valence-electron chi connectivity index (χ2n) is 4.45. The number of carbonyl (C=O) groups is 1. The number of thioether (sulfide) groups is 1. The van der Waals surface area contributed by atoms with Gasteiger partial charge in [-0.25, -0.2) is 0 Å². The standard InChI is InChI=1S/C16H10BrNO2S2/c17-11-7-6-10(8-14-15(19)18-16(21)22-14)13(9-11)20-12-4-2-1-3-5-12/h1-9H,(H,18,19,21). The molecule has 22 heavy (non-hydrogen) atoms. The zero-order chi connectivity index (χ0) is 15.5. The van der Waals surface area contributed by atoms with Crippen LogP contribution in [0.15, 0.2) is 57.9 Å². The Morgan fingerprint density at radius 3 is 2.64 bits per heavy atom. The summed E-state index contributed by atoms with van der Waals surface area (Å²) in [6.07, 6.45) is 1.78. The molecule has 1 amide bonds. The lowest BCUT2D eigenvalue weighted by molar-refractivity contribution is -0.115. The smallest absolute Gasteiger partial charge is 0.263 e. The third-order valence-electron chi connectivity index (χ3n) is 2.88. The van der Waals surface area contributed by atoms with Crippen LogP contribution in [0, 0.1) is 0 Å². The SMILES string of the molecule is O=C1NC(=S)SC1=Cc1ccc(Br)cc1Oc1ccccc1. The molecule has 0 bridgehead atoms. The van der Waals surface area contributed by atoms with E-state index in [-0.39, 0.29) is 5.91 Å². The molecule has 1 N–H and O–H groups in total. The lowest BCUT2D eigenvalue weighted by Gasteiger charge is -2.09. The first-order valence-corrected chi connectivity index (χ1v) is 8.41. The van der Waals surface area contributed by atoms with E-state index in [9.17, 15) is 4.79 Å². The largest absolute Gasteiger partial charge is 0.457 e. The molecular weight excluding hydrogens is 382 g/mol. The molecule has 1 saturated heterocycles. The van der Waals surface area contributed by atoms with Crippen molar-refractivity contribution in [1.82, 2.24) is 5.32 Å². The average Bonchev–Trinajstić information content (AvgIpc) is 2.81. The summed E-state index contributed by atoms with van der Waals surface area (Å²) in [6, 6.07) is 15.2. The minimum atomic E-state index is -0.177. The fourth-order valence-corrected chi connectivity index (χ4v) is 3.27. The second kappa shape index (κ2) is 6.64. The van der Waals surface area contributed by atoms with Crippen LogP contribution in [0.1, 0.15) is 5.56 Å². The molecule has 2 aromatic rings. The van der Waals surface area contributed by atoms with E-state index in [1.807, 2.05) is 48.5 Å². The third kappa shape index (κ3) is 3.58. The van der Waals surface area contributed by atoms with Crippen molar-refractivity contribution >= 4 is 56.2 Å². The number of carbonyl (C=O) groups excluding carboxylic acids is 1. The molecule has 0 aliphatic carbocycles. The first kappa shape index (κ1) is 15.3. The van der Waals surface area contributed by atoms with Crippen molar-refractivity contribution in [2.24, 2.45) is 0 Å². The summed E-state index contributed by atoms with van der Waals surface area (Å²) in [4.78, 5) is 12.3. The van der Waals surface area contributed by atoms with Gasteiger partial charge in [0.2, 0.25) is 0 Å². The van der Waals surface area contributed by atoms with Gasteiger partial charge in [0.25, 0.3) is 5.91 Å². The zero-order valence-corrected chi connectivity index (χ0v) is 14.4. The Morgan fingerprint density at radius 1 is 1.18 bits per heavy atom. The maximum Gasteiger partial charge on any atom is 0.263 e. The summed E-state index contributed by atoms with van der Waals surface area (Å²) in [5, 5.41) is 2.60. The van der Waals surface area contributed by atoms with Crippen molar-refractivity contribution in [2.45, 2.75) is 0 Å². The van der Waals surface area contributed by atoms with Gasteiger partial charge in [0.1, 0.15) is 15.8 Å². The van der Waals surface area contributed by atoms with E-state index < -0.39 is 0 Å². The Morgan fingerprint density at radius 2 is 1.95 bits per heavy atom. The van der Waals surface area contributed by atoms with Crippen molar-refractivity contribution in [3.05, 3.63) is 63.5 Å². The van der Waals surface area contributed by atoms with Crippen LogP contribution in [-0.4, -0.2) is 10.2 Å². The molecule has 0 saturated carbocycles. The van der Waals surface area contributed by atoms with Crippen LogP contribution in [0.3, 0.4) is 0 Å². The van der Waals surface area contributed by atoms with Gasteiger partial charge >= 0.3 is 0 Å². The fourth-order valence-electron chi connectivity index (χ4n) is 1.89. The monoisotopic (exact) mass is 391 g/mol. The maximum absolute atomic E-state index is 11.8. The summed E-state index contributed by atoms with van der Waals surface area (Å²) in [5.41, 5.74) is 0.814. The van der Waals surface area contributed by atoms with Gasteiger partial charge in [0, 0.05) is 10.0 Å². The molecule has 0 atom stereocenters. The molecule has 1 fully saturated rings. The van der Waals surface area contributed by atoms with Gasteiger partial charge in [0.15, 0.2) is 0 Å². The van der Waals surface area contributed by atoms with Gasteiger partial charge in [-0.3, -0.25) is 4.79 Å². The Balaban J connectivity index is 1.96. The number of ether oxygens (including phenoxy) is 1. The van der Waals surface area contributed by atoms with Gasteiger partial charge in [-0.2, -0.15) is 0 Å². The number of thiocarbonyl (C=S) groups is 1. The van der Waals surface area contributed by atoms with Crippen molar-refractivity contribution in [1.29, 1.82) is 0 Å². The van der Waals surface area contributed by atoms with Crippen molar-refractivity contribution in [2.75, 3.05) is 0 Å². The Bertz CT molecular complexity index is 775. The number of hydrogen-bond donors (Lipinski definition) is 1. The van der Waals surface area contributed by atoms with Gasteiger partial charge in [-0.1, -0.05) is 64.2 Å². The lowest BCUT2D eigenvalue weighted by atomic mass is 10.2. The summed E-state index contributed by atoms with van der Waals surface area (Å²) in [6.45, 7) is 0. The molecule has 1 heterocycles. The van der Waals surface area contributed by atoms with E-state index in [0.29, 0.717) is 15.0 Å². The van der Waals surface area contributed by atoms with E-state index in [1.54, 1.807) is 6.08 Å². The normalized spacial score (nSPS) is 16.0. The van der Waals surface area contributed by atoms with Crippen LogP contribution in [0.25, 0.3) is 6.08 Å². The predicted octanol–water partition coefficient (Wildman–Crippen LogP) is 4.73. The van der Waals surface area contributed by atoms with Crippen LogP contribution in [-0.2, 0) is 4.79 Å². The van der Waals surface area contributed by atoms with Crippen molar-refractivity contribution in [3.8, 4) is 11.5 Å². The molecule has 0 unspecified atom stereocenters. The Labute approximate surface area is 145 Å². The molecule has 3 nitrogen and oxygen atoms in total. The molecular formula is C16H10BrNO2S2. The number of nitrogens with one attached hydrogen (secondary N) is 1. The summed E-state index contributed by atoms with van der Waals surface area (Å²) in [7, 11) is 0. The van der Waals surface area contributed by atoms with E-state index >= 15 is 0 Å². The van der Waals surface area contributed by atoms with Crippen LogP contribution < -0.4 is 10.1 Å². The second-order valence-corrected chi connectivity index (χ2v) is 7.08. The molecule has 110 valence electrons. The molecule has 0 radical (unpaired) electrons. The Hall–Kier alpha value is -1.63. The fraction of sp³-hybridized carbons (Fsp3) is 0. The number of rotatable bonds is 3. The average molecular weight is 392 g/mol. The van der Waals surface area contributed by atoms with Gasteiger partial charge < -0.3 is 10.1 Å². The number of benzene rings is 2. The molecule has 2 aromatic carbocycles. The summed E-state index contributed by atoms with van der Waals surface area (Å²) < 4.78 is 7.29. The summed E-state index contributed by atoms with van der Waals surface area (Å²) in [5.74, 6) is 1.22. The minimum absolute atomic E-state index is 0.177. The number of para-hydroxylation sites is 1. The molecule has 6 heteroatoms. The molecule has 1 aliphatic heterocycles. The van der Waals surface area contributed by atoms with Gasteiger partial charge in [0.05, 0.1) is 4.91 Å². The van der Waals surface area contributed by atoms with E-state index in [4.69, 9.17) is 17.0 Å². The molecule has 3 rings (SSSR count). The quantitative estimate of drug-likeness (QED) is 0.606. The molecule has 0 spiro atoms. The first-order valence-electron chi connectivity index (χ1n) is 6.39. The lowest BCUT2D eigenvalue weighted by Crippen LogP contribution is -2.17. The third-order valence-corrected chi connectivity index (χ3v) is 4.53. The Kier molecular flexibility index (Phi) is 4.61. The number of amides is 1. The minimum Gasteiger partial charge on any atom is -0.457 e. The number of halogens is 1. The van der Waals surface area contributed by atoms with Crippen molar-refractivity contribution in [3.63, 3.8) is 0 Å². The highest BCUT2D eigenvalue weighted by Crippen LogP contribution is 2.33. The maximum atomic E-state index is 11.8. The van der Waals surface area contributed by atoms with Crippen molar-refractivity contribution < 1.29 is 9.53 Å². The number of hydrogen-bond acceptors (Lipinski definition) is 4. The summed E-state index contributed by atoms with van der Waals surface area (Å²) >= 11 is 9.69.